The van der Waals surface area contributed by atoms with E-state index in [1.165, 1.54) is 14.2 Å². The Hall–Kier alpha value is -2.68. The largest absolute Gasteiger partial charge is 0.493 e. The summed E-state index contributed by atoms with van der Waals surface area (Å²) in [4.78, 5) is 0. The third-order valence-electron chi connectivity index (χ3n) is 2.42. The van der Waals surface area contributed by atoms with Crippen molar-refractivity contribution in [3.05, 3.63) is 23.8 Å². The van der Waals surface area contributed by atoms with E-state index in [1.807, 2.05) is 6.07 Å². The first kappa shape index (κ1) is 11.8. The Labute approximate surface area is 104 Å². The van der Waals surface area contributed by atoms with Crippen LogP contribution in [0.4, 0.5) is 5.88 Å². The van der Waals surface area contributed by atoms with Gasteiger partial charge in [0.05, 0.1) is 19.8 Å². The molecule has 0 saturated carbocycles. The van der Waals surface area contributed by atoms with Crippen LogP contribution in [0.25, 0.3) is 11.3 Å². The van der Waals surface area contributed by atoms with Crippen molar-refractivity contribution in [2.75, 3.05) is 20.0 Å². The summed E-state index contributed by atoms with van der Waals surface area (Å²) in [5, 5.41) is 12.9. The molecule has 0 aliphatic carbocycles. The van der Waals surface area contributed by atoms with Crippen molar-refractivity contribution in [3.63, 3.8) is 0 Å². The Bertz CT molecular complexity index is 614. The predicted molar refractivity (Wildman–Crippen MR) is 64.2 cm³/mol. The van der Waals surface area contributed by atoms with Crippen molar-refractivity contribution in [1.29, 1.82) is 5.26 Å². The summed E-state index contributed by atoms with van der Waals surface area (Å²) in [6.07, 6.45) is 0. The molecule has 1 aromatic heterocycles. The zero-order chi connectivity index (χ0) is 13.1. The zero-order valence-electron chi connectivity index (χ0n) is 9.93. The smallest absolute Gasteiger partial charge is 0.222 e. The average Bonchev–Trinajstić information content (AvgIpc) is 2.83. The predicted octanol–water partition coefficient (Wildman–Crippen LogP) is 1.81. The number of aromatic nitrogens is 1. The van der Waals surface area contributed by atoms with Crippen molar-refractivity contribution in [1.82, 2.24) is 5.16 Å². The molecule has 0 bridgehead atoms. The standard InChI is InChI=1S/C12H11N3O3/c1-16-10-4-7(9-5-11(14)18-15-9)3-8(6-13)12(10)17-2/h3-5H,14H2,1-2H3. The Morgan fingerprint density at radius 2 is 2.06 bits per heavy atom. The minimum atomic E-state index is 0.207. The first-order valence-electron chi connectivity index (χ1n) is 5.08. The van der Waals surface area contributed by atoms with Crippen LogP contribution in [-0.4, -0.2) is 19.4 Å². The molecule has 0 radical (unpaired) electrons. The van der Waals surface area contributed by atoms with Crippen LogP contribution < -0.4 is 15.2 Å². The number of benzene rings is 1. The van der Waals surface area contributed by atoms with Crippen LogP contribution in [0.15, 0.2) is 22.7 Å². The van der Waals surface area contributed by atoms with E-state index >= 15 is 0 Å². The second-order valence-electron chi connectivity index (χ2n) is 3.49. The molecular formula is C12H11N3O3. The van der Waals surface area contributed by atoms with Gasteiger partial charge in [-0.15, -0.1) is 0 Å². The maximum Gasteiger partial charge on any atom is 0.222 e. The molecule has 2 rings (SSSR count). The van der Waals surface area contributed by atoms with Crippen LogP contribution in [0.2, 0.25) is 0 Å². The summed E-state index contributed by atoms with van der Waals surface area (Å²) in [6, 6.07) is 6.96. The summed E-state index contributed by atoms with van der Waals surface area (Å²) >= 11 is 0. The van der Waals surface area contributed by atoms with E-state index in [2.05, 4.69) is 5.16 Å². The molecule has 2 N–H and O–H groups in total. The number of ether oxygens (including phenoxy) is 2. The number of methoxy groups -OCH3 is 2. The lowest BCUT2D eigenvalue weighted by atomic mass is 10.1. The van der Waals surface area contributed by atoms with Crippen LogP contribution in [0.5, 0.6) is 11.5 Å². The summed E-state index contributed by atoms with van der Waals surface area (Å²) < 4.78 is 15.1. The molecule has 18 heavy (non-hydrogen) atoms. The topological polar surface area (TPSA) is 94.3 Å². The molecule has 6 heteroatoms. The molecule has 0 unspecified atom stereocenters. The van der Waals surface area contributed by atoms with Gasteiger partial charge in [-0.1, -0.05) is 5.16 Å². The molecule has 92 valence electrons. The number of hydrogen-bond acceptors (Lipinski definition) is 6. The maximum absolute atomic E-state index is 9.09. The van der Waals surface area contributed by atoms with Gasteiger partial charge in [-0.3, -0.25) is 0 Å². The molecule has 6 nitrogen and oxygen atoms in total. The van der Waals surface area contributed by atoms with Crippen LogP contribution in [0, 0.1) is 11.3 Å². The third kappa shape index (κ3) is 1.94. The van der Waals surface area contributed by atoms with Crippen LogP contribution in [0.1, 0.15) is 5.56 Å². The van der Waals surface area contributed by atoms with Gasteiger partial charge in [0.15, 0.2) is 11.5 Å². The van der Waals surface area contributed by atoms with Crippen LogP contribution in [0.3, 0.4) is 0 Å². The van der Waals surface area contributed by atoms with E-state index < -0.39 is 0 Å². The van der Waals surface area contributed by atoms with E-state index in [0.717, 1.165) is 0 Å². The molecule has 0 amide bonds. The Morgan fingerprint density at radius 3 is 2.56 bits per heavy atom. The highest BCUT2D eigenvalue weighted by atomic mass is 16.5. The first-order valence-corrected chi connectivity index (χ1v) is 5.08. The second kappa shape index (κ2) is 4.67. The van der Waals surface area contributed by atoms with Gasteiger partial charge in [-0.25, -0.2) is 0 Å². The number of anilines is 1. The number of nitrogens with two attached hydrogens (primary N) is 1. The molecule has 0 aliphatic rings. The lowest BCUT2D eigenvalue weighted by Gasteiger charge is -2.10. The lowest BCUT2D eigenvalue weighted by Crippen LogP contribution is -1.94. The van der Waals surface area contributed by atoms with E-state index in [4.69, 9.17) is 25.0 Å². The van der Waals surface area contributed by atoms with Crippen LogP contribution in [-0.2, 0) is 0 Å². The maximum atomic E-state index is 9.09. The molecular weight excluding hydrogens is 234 g/mol. The lowest BCUT2D eigenvalue weighted by molar-refractivity contribution is 0.354. The van der Waals surface area contributed by atoms with Gasteiger partial charge in [-0.2, -0.15) is 5.26 Å². The summed E-state index contributed by atoms with van der Waals surface area (Å²) in [5.74, 6) is 1.05. The molecule has 0 atom stereocenters. The molecule has 1 aromatic carbocycles. The summed E-state index contributed by atoms with van der Waals surface area (Å²) in [7, 11) is 2.98. The summed E-state index contributed by atoms with van der Waals surface area (Å²) in [5.41, 5.74) is 7.02. The normalized spacial score (nSPS) is 9.83. The van der Waals surface area contributed by atoms with Gasteiger partial charge >= 0.3 is 0 Å². The molecule has 0 fully saturated rings. The third-order valence-corrected chi connectivity index (χ3v) is 2.42. The quantitative estimate of drug-likeness (QED) is 0.886. The number of nitriles is 1. The van der Waals surface area contributed by atoms with Crippen molar-refractivity contribution in [2.45, 2.75) is 0 Å². The number of nitrogens with zero attached hydrogens (tertiary/aromatic N) is 2. The van der Waals surface area contributed by atoms with Crippen molar-refractivity contribution < 1.29 is 14.0 Å². The molecule has 0 saturated heterocycles. The van der Waals surface area contributed by atoms with E-state index in [-0.39, 0.29) is 5.88 Å². The van der Waals surface area contributed by atoms with E-state index in [1.54, 1.807) is 18.2 Å². The molecule has 0 spiro atoms. The highest BCUT2D eigenvalue weighted by Gasteiger charge is 2.15. The Balaban J connectivity index is 2.61. The van der Waals surface area contributed by atoms with Gasteiger partial charge in [0, 0.05) is 11.6 Å². The van der Waals surface area contributed by atoms with Gasteiger partial charge < -0.3 is 19.7 Å². The highest BCUT2D eigenvalue weighted by molar-refractivity contribution is 5.69. The minimum Gasteiger partial charge on any atom is -0.493 e. The Morgan fingerprint density at radius 1 is 1.28 bits per heavy atom. The van der Waals surface area contributed by atoms with Crippen molar-refractivity contribution >= 4 is 5.88 Å². The second-order valence-corrected chi connectivity index (χ2v) is 3.49. The highest BCUT2D eigenvalue weighted by Crippen LogP contribution is 2.35. The molecule has 1 heterocycles. The summed E-state index contributed by atoms with van der Waals surface area (Å²) in [6.45, 7) is 0. The number of nitrogen functional groups attached to an aromatic ring is 1. The van der Waals surface area contributed by atoms with Gasteiger partial charge in [0.25, 0.3) is 0 Å². The van der Waals surface area contributed by atoms with Crippen molar-refractivity contribution in [3.8, 4) is 28.8 Å². The minimum absolute atomic E-state index is 0.207. The van der Waals surface area contributed by atoms with Crippen LogP contribution >= 0.6 is 0 Å². The SMILES string of the molecule is COc1cc(-c2cc(N)on2)cc(C#N)c1OC. The average molecular weight is 245 g/mol. The fraction of sp³-hybridized carbons (Fsp3) is 0.167. The molecule has 2 aromatic rings. The fourth-order valence-electron chi connectivity index (χ4n) is 1.62. The molecule has 0 aliphatic heterocycles. The number of hydrogen-bond donors (Lipinski definition) is 1. The first-order chi connectivity index (χ1) is 8.69. The fourth-order valence-corrected chi connectivity index (χ4v) is 1.62. The van der Waals surface area contributed by atoms with E-state index in [9.17, 15) is 0 Å². The zero-order valence-corrected chi connectivity index (χ0v) is 9.93. The monoisotopic (exact) mass is 245 g/mol. The van der Waals surface area contributed by atoms with Crippen molar-refractivity contribution in [2.24, 2.45) is 0 Å². The van der Waals surface area contributed by atoms with Gasteiger partial charge in [-0.05, 0) is 12.1 Å². The van der Waals surface area contributed by atoms with Gasteiger partial charge in [0.2, 0.25) is 5.88 Å². The van der Waals surface area contributed by atoms with Gasteiger partial charge in [0.1, 0.15) is 11.8 Å². The van der Waals surface area contributed by atoms with E-state index in [0.29, 0.717) is 28.3 Å². The Kier molecular flexibility index (Phi) is 3.06. The number of rotatable bonds is 3.